The molecule has 0 fully saturated rings. The number of halogens is 2. The normalized spacial score (nSPS) is 16.5. The average molecular weight is 348 g/mol. The molecular formula is C16H27Cl2N3O. The van der Waals surface area contributed by atoms with Crippen LogP contribution in [0.4, 0.5) is 0 Å². The molecule has 1 aromatic rings. The Morgan fingerprint density at radius 1 is 1.27 bits per heavy atom. The topological polar surface area (TPSA) is 58.4 Å². The van der Waals surface area contributed by atoms with Crippen molar-refractivity contribution < 1.29 is 4.79 Å². The third kappa shape index (κ3) is 5.43. The molecule has 126 valence electrons. The van der Waals surface area contributed by atoms with E-state index in [0.29, 0.717) is 19.1 Å². The first kappa shape index (κ1) is 21.2. The number of rotatable bonds is 5. The SMILES string of the molecule is CC(CN)C(=O)NCC(C)N1CCc2ccccc2C1.Cl.Cl. The van der Waals surface area contributed by atoms with E-state index in [4.69, 9.17) is 5.73 Å². The molecule has 1 aliphatic rings. The highest BCUT2D eigenvalue weighted by atomic mass is 35.5. The van der Waals surface area contributed by atoms with Crippen LogP contribution in [0, 0.1) is 5.92 Å². The number of nitrogens with zero attached hydrogens (tertiary/aromatic N) is 1. The molecule has 2 unspecified atom stereocenters. The molecule has 0 spiro atoms. The molecule has 6 heteroatoms. The van der Waals surface area contributed by atoms with E-state index in [0.717, 1.165) is 19.5 Å². The zero-order valence-corrected chi connectivity index (χ0v) is 14.9. The summed E-state index contributed by atoms with van der Waals surface area (Å²) in [5.74, 6) is -0.0546. The standard InChI is InChI=1S/C16H25N3O.2ClH/c1-12(9-17)16(20)18-10-13(2)19-8-7-14-5-3-4-6-15(14)11-19;;/h3-6,12-13H,7-11,17H2,1-2H3,(H,18,20);2*1H. The van der Waals surface area contributed by atoms with Crippen LogP contribution in [0.3, 0.4) is 0 Å². The molecule has 1 aliphatic heterocycles. The number of hydrogen-bond acceptors (Lipinski definition) is 3. The maximum absolute atomic E-state index is 11.8. The Hall–Kier alpha value is -0.810. The molecular weight excluding hydrogens is 321 g/mol. The van der Waals surface area contributed by atoms with Crippen LogP contribution in [0.25, 0.3) is 0 Å². The molecule has 1 amide bonds. The third-order valence-corrected chi connectivity index (χ3v) is 4.16. The largest absolute Gasteiger partial charge is 0.354 e. The van der Waals surface area contributed by atoms with Crippen molar-refractivity contribution in [2.75, 3.05) is 19.6 Å². The van der Waals surface area contributed by atoms with Crippen molar-refractivity contribution in [1.29, 1.82) is 0 Å². The first-order chi connectivity index (χ1) is 9.61. The van der Waals surface area contributed by atoms with Crippen LogP contribution in [0.5, 0.6) is 0 Å². The molecule has 0 aliphatic carbocycles. The Balaban J connectivity index is 0.00000220. The van der Waals surface area contributed by atoms with E-state index >= 15 is 0 Å². The van der Waals surface area contributed by atoms with Gasteiger partial charge in [-0.2, -0.15) is 0 Å². The van der Waals surface area contributed by atoms with Gasteiger partial charge in [-0.25, -0.2) is 0 Å². The maximum Gasteiger partial charge on any atom is 0.224 e. The van der Waals surface area contributed by atoms with E-state index in [2.05, 4.69) is 41.4 Å². The molecule has 22 heavy (non-hydrogen) atoms. The summed E-state index contributed by atoms with van der Waals surface area (Å²) in [6.45, 7) is 7.14. The van der Waals surface area contributed by atoms with E-state index in [1.54, 1.807) is 0 Å². The van der Waals surface area contributed by atoms with Crippen molar-refractivity contribution in [3.8, 4) is 0 Å². The zero-order valence-electron chi connectivity index (χ0n) is 13.2. The fraction of sp³-hybridized carbons (Fsp3) is 0.562. The summed E-state index contributed by atoms with van der Waals surface area (Å²) < 4.78 is 0. The highest BCUT2D eigenvalue weighted by molar-refractivity contribution is 5.85. The highest BCUT2D eigenvalue weighted by Gasteiger charge is 2.21. The maximum atomic E-state index is 11.8. The molecule has 1 aromatic carbocycles. The Kier molecular flexibility index (Phi) is 9.69. The van der Waals surface area contributed by atoms with Crippen LogP contribution >= 0.6 is 24.8 Å². The number of hydrogen-bond donors (Lipinski definition) is 2. The fourth-order valence-electron chi connectivity index (χ4n) is 2.55. The quantitative estimate of drug-likeness (QED) is 0.856. The monoisotopic (exact) mass is 347 g/mol. The average Bonchev–Trinajstić information content (AvgIpc) is 2.50. The van der Waals surface area contributed by atoms with Crippen molar-refractivity contribution in [3.05, 3.63) is 35.4 Å². The molecule has 0 radical (unpaired) electrons. The Labute approximate surface area is 145 Å². The minimum Gasteiger partial charge on any atom is -0.354 e. The first-order valence-corrected chi connectivity index (χ1v) is 7.40. The Morgan fingerprint density at radius 3 is 2.55 bits per heavy atom. The number of benzene rings is 1. The highest BCUT2D eigenvalue weighted by Crippen LogP contribution is 2.19. The summed E-state index contributed by atoms with van der Waals surface area (Å²) in [4.78, 5) is 14.2. The van der Waals surface area contributed by atoms with Crippen LogP contribution in [0.2, 0.25) is 0 Å². The molecule has 0 bridgehead atoms. The molecule has 3 N–H and O–H groups in total. The van der Waals surface area contributed by atoms with E-state index < -0.39 is 0 Å². The predicted molar refractivity (Wildman–Crippen MR) is 95.7 cm³/mol. The van der Waals surface area contributed by atoms with Gasteiger partial charge in [-0.1, -0.05) is 31.2 Å². The third-order valence-electron chi connectivity index (χ3n) is 4.16. The van der Waals surface area contributed by atoms with E-state index in [-0.39, 0.29) is 36.6 Å². The lowest BCUT2D eigenvalue weighted by Gasteiger charge is -2.34. The summed E-state index contributed by atoms with van der Waals surface area (Å²) in [6, 6.07) is 8.95. The number of nitrogens with two attached hydrogens (primary N) is 1. The van der Waals surface area contributed by atoms with Crippen molar-refractivity contribution in [1.82, 2.24) is 10.2 Å². The molecule has 4 nitrogen and oxygen atoms in total. The van der Waals surface area contributed by atoms with Crippen molar-refractivity contribution >= 4 is 30.7 Å². The lowest BCUT2D eigenvalue weighted by Crippen LogP contribution is -2.45. The first-order valence-electron chi connectivity index (χ1n) is 7.40. The fourth-order valence-corrected chi connectivity index (χ4v) is 2.55. The van der Waals surface area contributed by atoms with Gasteiger partial charge in [0.1, 0.15) is 0 Å². The van der Waals surface area contributed by atoms with E-state index in [9.17, 15) is 4.79 Å². The second kappa shape index (κ2) is 10.1. The number of nitrogens with one attached hydrogen (secondary N) is 1. The number of carbonyl (C=O) groups excluding carboxylic acids is 1. The number of fused-ring (bicyclic) bond motifs is 1. The van der Waals surface area contributed by atoms with Gasteiger partial charge in [-0.3, -0.25) is 9.69 Å². The predicted octanol–water partition coefficient (Wildman–Crippen LogP) is 1.99. The minimum absolute atomic E-state index is 0. The summed E-state index contributed by atoms with van der Waals surface area (Å²) >= 11 is 0. The second-order valence-corrected chi connectivity index (χ2v) is 5.72. The van der Waals surface area contributed by atoms with Gasteiger partial charge in [0.25, 0.3) is 0 Å². The summed E-state index contributed by atoms with van der Waals surface area (Å²) in [6.07, 6.45) is 1.09. The van der Waals surface area contributed by atoms with Gasteiger partial charge >= 0.3 is 0 Å². The van der Waals surface area contributed by atoms with Crippen LogP contribution in [-0.4, -0.2) is 36.5 Å². The van der Waals surface area contributed by atoms with Crippen LogP contribution in [-0.2, 0) is 17.8 Å². The molecule has 1 heterocycles. The molecule has 0 saturated carbocycles. The van der Waals surface area contributed by atoms with Gasteiger partial charge in [0.2, 0.25) is 5.91 Å². The number of carbonyl (C=O) groups is 1. The zero-order chi connectivity index (χ0) is 14.5. The van der Waals surface area contributed by atoms with Crippen molar-refractivity contribution in [3.63, 3.8) is 0 Å². The van der Waals surface area contributed by atoms with E-state index in [1.807, 2.05) is 6.92 Å². The van der Waals surface area contributed by atoms with Gasteiger partial charge < -0.3 is 11.1 Å². The molecule has 0 saturated heterocycles. The number of amides is 1. The molecule has 0 aromatic heterocycles. The van der Waals surface area contributed by atoms with Gasteiger partial charge in [-0.15, -0.1) is 24.8 Å². The van der Waals surface area contributed by atoms with Crippen molar-refractivity contribution in [2.24, 2.45) is 11.7 Å². The summed E-state index contributed by atoms with van der Waals surface area (Å²) in [5, 5.41) is 2.99. The lowest BCUT2D eigenvalue weighted by molar-refractivity contribution is -0.124. The minimum atomic E-state index is -0.107. The van der Waals surface area contributed by atoms with E-state index in [1.165, 1.54) is 11.1 Å². The molecule has 2 atom stereocenters. The van der Waals surface area contributed by atoms with Crippen LogP contribution < -0.4 is 11.1 Å². The Bertz CT molecular complexity index is 470. The van der Waals surface area contributed by atoms with Crippen LogP contribution in [0.1, 0.15) is 25.0 Å². The van der Waals surface area contributed by atoms with Gasteiger partial charge in [-0.05, 0) is 24.5 Å². The van der Waals surface area contributed by atoms with Gasteiger partial charge in [0.05, 0.1) is 0 Å². The smallest absolute Gasteiger partial charge is 0.224 e. The Morgan fingerprint density at radius 2 is 1.91 bits per heavy atom. The second-order valence-electron chi connectivity index (χ2n) is 5.72. The van der Waals surface area contributed by atoms with Crippen LogP contribution in [0.15, 0.2) is 24.3 Å². The molecule has 2 rings (SSSR count). The van der Waals surface area contributed by atoms with Crippen molar-refractivity contribution in [2.45, 2.75) is 32.9 Å². The van der Waals surface area contributed by atoms with Gasteiger partial charge in [0.15, 0.2) is 0 Å². The lowest BCUT2D eigenvalue weighted by atomic mass is 9.99. The van der Waals surface area contributed by atoms with Gasteiger partial charge in [0, 0.05) is 38.1 Å². The summed E-state index contributed by atoms with van der Waals surface area (Å²) in [7, 11) is 0. The summed E-state index contributed by atoms with van der Waals surface area (Å²) in [5.41, 5.74) is 8.37.